The van der Waals surface area contributed by atoms with Gasteiger partial charge in [0.1, 0.15) is 8.52 Å². The molecular weight excluding hydrogens is 311 g/mol. The van der Waals surface area contributed by atoms with Crippen LogP contribution in [0.3, 0.4) is 0 Å². The van der Waals surface area contributed by atoms with Gasteiger partial charge in [-0.25, -0.2) is 4.52 Å². The van der Waals surface area contributed by atoms with E-state index in [1.807, 2.05) is 6.66 Å². The number of hydrogen-bond acceptors (Lipinski definition) is 1. The molecule has 0 N–H and O–H groups in total. The fraction of sp³-hybridized carbons (Fsp3) is 0.500. The average Bonchev–Trinajstić information content (AvgIpc) is 2.10. The third kappa shape index (κ3) is 8.62. The summed E-state index contributed by atoms with van der Waals surface area (Å²) in [6.45, 7) is 0.568. The lowest BCUT2D eigenvalue weighted by Crippen LogP contribution is -1.75. The molecule has 0 rings (SSSR count). The first-order valence-corrected chi connectivity index (χ1v) is 9.37. The van der Waals surface area contributed by atoms with Crippen molar-refractivity contribution in [1.29, 1.82) is 0 Å². The Morgan fingerprint density at radius 1 is 1.54 bits per heavy atom. The summed E-state index contributed by atoms with van der Waals surface area (Å²) in [5.41, 5.74) is 2.87. The fourth-order valence-corrected chi connectivity index (χ4v) is 3.06. The minimum Gasteiger partial charge on any atom is -0.214 e. The molecular formula is C4H5Cl4N2P3. The highest BCUT2D eigenvalue weighted by Gasteiger charge is 2.08. The van der Waals surface area contributed by atoms with E-state index >= 15 is 0 Å². The summed E-state index contributed by atoms with van der Waals surface area (Å²) in [5, 5.41) is 0. The van der Waals surface area contributed by atoms with Crippen LogP contribution >= 0.6 is 69.2 Å². The molecule has 0 aliphatic rings. The Morgan fingerprint density at radius 3 is 2.62 bits per heavy atom. The van der Waals surface area contributed by atoms with E-state index in [4.69, 9.17) is 45.9 Å². The van der Waals surface area contributed by atoms with Gasteiger partial charge in [-0.1, -0.05) is 34.1 Å². The summed E-state index contributed by atoms with van der Waals surface area (Å²) in [5.74, 6) is 3.05. The van der Waals surface area contributed by atoms with E-state index < -0.39 is 14.9 Å². The number of halogens is 4. The molecule has 0 fully saturated rings. The van der Waals surface area contributed by atoms with Crippen molar-refractivity contribution in [3.8, 4) is 11.6 Å². The Morgan fingerprint density at radius 2 is 2.15 bits per heavy atom. The Labute approximate surface area is 101 Å². The maximum absolute atomic E-state index is 5.62. The van der Waals surface area contributed by atoms with Gasteiger partial charge in [-0.3, -0.25) is 0 Å². The van der Waals surface area contributed by atoms with Crippen LogP contribution in [-0.2, 0) is 0 Å². The molecule has 1 atom stereocenters. The molecule has 1 unspecified atom stereocenters. The van der Waals surface area contributed by atoms with Crippen LogP contribution in [0.4, 0.5) is 0 Å². The lowest BCUT2D eigenvalue weighted by atomic mass is 10.8. The van der Waals surface area contributed by atoms with Crippen molar-refractivity contribution in [2.45, 2.75) is 0 Å². The minimum absolute atomic E-state index is 0.321. The SMILES string of the molecule is CP(C#CCCl)N=PN(Cl)P(Cl)Cl. The first-order valence-electron chi connectivity index (χ1n) is 2.85. The van der Waals surface area contributed by atoms with Crippen molar-refractivity contribution < 1.29 is 0 Å². The first kappa shape index (κ1) is 14.6. The lowest BCUT2D eigenvalue weighted by molar-refractivity contribution is 1.24. The third-order valence-electron chi connectivity index (χ3n) is 0.680. The molecule has 0 aliphatic heterocycles. The molecule has 0 heterocycles. The maximum Gasteiger partial charge on any atom is 0.183 e. The van der Waals surface area contributed by atoms with E-state index in [1.165, 1.54) is 3.96 Å². The minimum atomic E-state index is -1.33. The zero-order valence-electron chi connectivity index (χ0n) is 6.46. The molecule has 0 aliphatic carbocycles. The van der Waals surface area contributed by atoms with Crippen LogP contribution in [0.2, 0.25) is 0 Å². The van der Waals surface area contributed by atoms with Crippen molar-refractivity contribution in [3.05, 3.63) is 0 Å². The summed E-state index contributed by atoms with van der Waals surface area (Å²) < 4.78 is 5.35. The normalized spacial score (nSPS) is 13.5. The van der Waals surface area contributed by atoms with E-state index in [-0.39, 0.29) is 0 Å². The maximum atomic E-state index is 5.62. The Bertz CT molecular complexity index is 225. The van der Waals surface area contributed by atoms with Crippen LogP contribution in [0.15, 0.2) is 4.52 Å². The Kier molecular flexibility index (Phi) is 10.0. The van der Waals surface area contributed by atoms with Gasteiger partial charge < -0.3 is 0 Å². The van der Waals surface area contributed by atoms with Crippen LogP contribution in [0, 0.1) is 11.6 Å². The molecule has 9 heteroatoms. The standard InChI is InChI=1S/C4H5Cl4N2P3/c1-12(4-2-3-5)9-11-10(6)13(7)8/h3H2,1H3. The van der Waals surface area contributed by atoms with E-state index in [0.717, 1.165) is 0 Å². The van der Waals surface area contributed by atoms with Crippen LogP contribution in [0.5, 0.6) is 0 Å². The predicted molar refractivity (Wildman–Crippen MR) is 67.0 cm³/mol. The number of nitrogens with zero attached hydrogens (tertiary/aromatic N) is 2. The molecule has 0 aromatic carbocycles. The summed E-state index contributed by atoms with van der Waals surface area (Å²) in [7, 11) is -0.177. The van der Waals surface area contributed by atoms with E-state index in [2.05, 4.69) is 16.1 Å². The number of alkyl halides is 1. The van der Waals surface area contributed by atoms with Gasteiger partial charge in [-0.2, -0.15) is 0 Å². The molecule has 0 saturated heterocycles. The zero-order valence-corrected chi connectivity index (χ0v) is 12.2. The highest BCUT2D eigenvalue weighted by atomic mass is 35.9. The van der Waals surface area contributed by atoms with Gasteiger partial charge in [0.15, 0.2) is 6.78 Å². The largest absolute Gasteiger partial charge is 0.214 e. The molecule has 0 aromatic rings. The highest BCUT2D eigenvalue weighted by molar-refractivity contribution is 8.05. The van der Waals surface area contributed by atoms with Gasteiger partial charge in [0.05, 0.1) is 14.0 Å². The molecule has 2 nitrogen and oxygen atoms in total. The second-order valence-corrected chi connectivity index (χ2v) is 8.81. The van der Waals surface area contributed by atoms with Gasteiger partial charge >= 0.3 is 0 Å². The predicted octanol–water partition coefficient (Wildman–Crippen LogP) is 5.42. The summed E-state index contributed by atoms with van der Waals surface area (Å²) in [4.78, 5) is 0. The molecule has 13 heavy (non-hydrogen) atoms. The second kappa shape index (κ2) is 8.91. The van der Waals surface area contributed by atoms with Gasteiger partial charge in [-0.15, -0.1) is 15.6 Å². The van der Waals surface area contributed by atoms with Gasteiger partial charge in [0.2, 0.25) is 0 Å². The van der Waals surface area contributed by atoms with Crippen LogP contribution in [0.25, 0.3) is 0 Å². The molecule has 0 spiro atoms. The van der Waals surface area contributed by atoms with Gasteiger partial charge in [0, 0.05) is 0 Å². The quantitative estimate of drug-likeness (QED) is 0.294. The van der Waals surface area contributed by atoms with Crippen molar-refractivity contribution in [2.75, 3.05) is 12.5 Å². The van der Waals surface area contributed by atoms with E-state index in [9.17, 15) is 0 Å². The van der Waals surface area contributed by atoms with Crippen molar-refractivity contribution in [1.82, 2.24) is 3.96 Å². The van der Waals surface area contributed by atoms with Crippen LogP contribution in [0.1, 0.15) is 0 Å². The Hall–Kier alpha value is 1.64. The van der Waals surface area contributed by atoms with Gasteiger partial charge in [0.25, 0.3) is 0 Å². The summed E-state index contributed by atoms with van der Waals surface area (Å²) >= 11 is 22.0. The lowest BCUT2D eigenvalue weighted by Gasteiger charge is -2.04. The van der Waals surface area contributed by atoms with Crippen LogP contribution in [-0.4, -0.2) is 16.5 Å². The van der Waals surface area contributed by atoms with Crippen LogP contribution < -0.4 is 0 Å². The monoisotopic (exact) mass is 314 g/mol. The molecule has 0 saturated carbocycles. The average molecular weight is 316 g/mol. The molecule has 0 radical (unpaired) electrons. The summed E-state index contributed by atoms with van der Waals surface area (Å²) in [6, 6.07) is 0. The molecule has 0 amide bonds. The van der Waals surface area contributed by atoms with E-state index in [0.29, 0.717) is 14.4 Å². The van der Waals surface area contributed by atoms with Crippen molar-refractivity contribution in [3.63, 3.8) is 0 Å². The molecule has 0 aromatic heterocycles. The van der Waals surface area contributed by atoms with Crippen molar-refractivity contribution >= 4 is 69.2 Å². The molecule has 0 bridgehead atoms. The first-order chi connectivity index (χ1) is 6.07. The smallest absolute Gasteiger partial charge is 0.183 e. The number of rotatable bonds is 3. The summed E-state index contributed by atoms with van der Waals surface area (Å²) in [6.07, 6.45) is 0. The third-order valence-corrected chi connectivity index (χ3v) is 6.52. The Balaban J connectivity index is 3.96. The second-order valence-electron chi connectivity index (χ2n) is 1.58. The fourth-order valence-electron chi connectivity index (χ4n) is 0.290. The molecule has 74 valence electrons. The van der Waals surface area contributed by atoms with Gasteiger partial charge in [-0.05, 0) is 18.4 Å². The highest BCUT2D eigenvalue weighted by Crippen LogP contribution is 2.57. The number of hydrogen-bond donors (Lipinski definition) is 0. The van der Waals surface area contributed by atoms with E-state index in [1.54, 1.807) is 0 Å². The van der Waals surface area contributed by atoms with Crippen molar-refractivity contribution in [2.24, 2.45) is 4.52 Å². The zero-order chi connectivity index (χ0) is 10.3. The topological polar surface area (TPSA) is 15.6 Å².